The van der Waals surface area contributed by atoms with Gasteiger partial charge in [0.1, 0.15) is 31.7 Å². The molecule has 0 amide bonds. The number of benzene rings is 2. The van der Waals surface area contributed by atoms with Gasteiger partial charge < -0.3 is 29.4 Å². The van der Waals surface area contributed by atoms with Gasteiger partial charge in [-0.1, -0.05) is 6.07 Å². The highest BCUT2D eigenvalue weighted by atomic mass is 32.2. The second-order valence-corrected chi connectivity index (χ2v) is 14.0. The molecular formula is C26H35N3O9S2. The van der Waals surface area contributed by atoms with Gasteiger partial charge >= 0.3 is 0 Å². The molecule has 2 fully saturated rings. The summed E-state index contributed by atoms with van der Waals surface area (Å²) < 4.78 is 77.0. The van der Waals surface area contributed by atoms with Crippen LogP contribution in [-0.4, -0.2) is 97.1 Å². The molecule has 3 aliphatic rings. The maximum Gasteiger partial charge on any atom is 0.243 e. The van der Waals surface area contributed by atoms with Crippen molar-refractivity contribution in [1.82, 2.24) is 14.3 Å². The van der Waals surface area contributed by atoms with E-state index < -0.39 is 31.8 Å². The standard InChI is InChI=1S/C26H35N3O9S2/c1-27-39(31,32)22-4-2-3-21(13-22)37-18-20(30)16-28-19-15-26(38-17-19)7-9-29(10-8-26)40(33,34)23-5-6-24-25(14-23)36-12-11-35-24/h2-6,13-14,19-20,27-28,30H,7-12,15-18H2,1H3/t19?,20-/m0/s1. The summed E-state index contributed by atoms with van der Waals surface area (Å²) >= 11 is 0. The highest BCUT2D eigenvalue weighted by Gasteiger charge is 2.44. The quantitative estimate of drug-likeness (QED) is 0.357. The second kappa shape index (κ2) is 11.8. The van der Waals surface area contributed by atoms with Gasteiger partial charge in [0.15, 0.2) is 11.5 Å². The van der Waals surface area contributed by atoms with Crippen LogP contribution in [0.2, 0.25) is 0 Å². The van der Waals surface area contributed by atoms with Crippen LogP contribution < -0.4 is 24.2 Å². The third kappa shape index (κ3) is 6.38. The van der Waals surface area contributed by atoms with Gasteiger partial charge in [0.2, 0.25) is 20.0 Å². The molecule has 2 aromatic carbocycles. The summed E-state index contributed by atoms with van der Waals surface area (Å²) in [7, 11) is -5.93. The van der Waals surface area contributed by atoms with E-state index in [4.69, 9.17) is 18.9 Å². The lowest BCUT2D eigenvalue weighted by atomic mass is 9.88. The number of piperidine rings is 1. The second-order valence-electron chi connectivity index (χ2n) is 10.2. The number of rotatable bonds is 10. The zero-order valence-electron chi connectivity index (χ0n) is 22.2. The van der Waals surface area contributed by atoms with E-state index >= 15 is 0 Å². The average molecular weight is 598 g/mol. The molecule has 2 atom stereocenters. The molecule has 0 aromatic heterocycles. The first-order valence-electron chi connectivity index (χ1n) is 13.2. The summed E-state index contributed by atoms with van der Waals surface area (Å²) in [6.45, 7) is 2.24. The number of hydrogen-bond acceptors (Lipinski definition) is 10. The van der Waals surface area contributed by atoms with Gasteiger partial charge in [-0.15, -0.1) is 0 Å². The third-order valence-electron chi connectivity index (χ3n) is 7.46. The summed E-state index contributed by atoms with van der Waals surface area (Å²) in [6.07, 6.45) is 1.04. The zero-order valence-corrected chi connectivity index (χ0v) is 23.9. The van der Waals surface area contributed by atoms with Crippen molar-refractivity contribution < 1.29 is 40.9 Å². The number of ether oxygens (including phenoxy) is 4. The minimum atomic E-state index is -3.68. The van der Waals surface area contributed by atoms with Crippen LogP contribution in [-0.2, 0) is 24.8 Å². The Labute approximate surface area is 234 Å². The molecule has 220 valence electrons. The number of hydrogen-bond donors (Lipinski definition) is 3. The van der Waals surface area contributed by atoms with Crippen molar-refractivity contribution in [1.29, 1.82) is 0 Å². The summed E-state index contributed by atoms with van der Waals surface area (Å²) in [5, 5.41) is 13.7. The Bertz CT molecular complexity index is 1410. The van der Waals surface area contributed by atoms with Crippen molar-refractivity contribution in [3.05, 3.63) is 42.5 Å². The van der Waals surface area contributed by atoms with Crippen LogP contribution in [0.25, 0.3) is 0 Å². The molecule has 40 heavy (non-hydrogen) atoms. The molecule has 14 heteroatoms. The molecule has 0 saturated carbocycles. The highest BCUT2D eigenvalue weighted by molar-refractivity contribution is 7.89. The average Bonchev–Trinajstić information content (AvgIpc) is 3.37. The van der Waals surface area contributed by atoms with E-state index in [1.807, 2.05) is 0 Å². The smallest absolute Gasteiger partial charge is 0.243 e. The van der Waals surface area contributed by atoms with Crippen molar-refractivity contribution in [2.45, 2.75) is 46.8 Å². The monoisotopic (exact) mass is 597 g/mol. The molecular weight excluding hydrogens is 562 g/mol. The van der Waals surface area contributed by atoms with Crippen molar-refractivity contribution in [2.75, 3.05) is 53.1 Å². The van der Waals surface area contributed by atoms with Crippen LogP contribution in [0, 0.1) is 0 Å². The van der Waals surface area contributed by atoms with Crippen molar-refractivity contribution in [3.8, 4) is 17.2 Å². The molecule has 2 aromatic rings. The first kappa shape index (κ1) is 29.0. The molecule has 3 aliphatic heterocycles. The van der Waals surface area contributed by atoms with Crippen LogP contribution >= 0.6 is 0 Å². The van der Waals surface area contributed by atoms with Crippen molar-refractivity contribution >= 4 is 20.0 Å². The first-order valence-corrected chi connectivity index (χ1v) is 16.1. The van der Waals surface area contributed by atoms with Crippen molar-refractivity contribution in [3.63, 3.8) is 0 Å². The van der Waals surface area contributed by atoms with Gasteiger partial charge in [0.25, 0.3) is 0 Å². The molecule has 2 saturated heterocycles. The summed E-state index contributed by atoms with van der Waals surface area (Å²) in [4.78, 5) is 0.268. The van der Waals surface area contributed by atoms with Crippen LogP contribution in [0.3, 0.4) is 0 Å². The topological polar surface area (TPSA) is 153 Å². The van der Waals surface area contributed by atoms with E-state index in [9.17, 15) is 21.9 Å². The fourth-order valence-electron chi connectivity index (χ4n) is 5.19. The van der Waals surface area contributed by atoms with Crippen LogP contribution in [0.4, 0.5) is 0 Å². The van der Waals surface area contributed by atoms with Gasteiger partial charge in [0.05, 0.1) is 22.0 Å². The molecule has 0 radical (unpaired) electrons. The van der Waals surface area contributed by atoms with E-state index in [2.05, 4.69) is 10.0 Å². The van der Waals surface area contributed by atoms with E-state index in [-0.39, 0.29) is 29.0 Å². The molecule has 3 N–H and O–H groups in total. The van der Waals surface area contributed by atoms with Gasteiger partial charge in [-0.3, -0.25) is 0 Å². The fraction of sp³-hybridized carbons (Fsp3) is 0.538. The van der Waals surface area contributed by atoms with E-state index in [1.165, 1.54) is 29.6 Å². The highest BCUT2D eigenvalue weighted by Crippen LogP contribution is 2.38. The van der Waals surface area contributed by atoms with Gasteiger partial charge in [0, 0.05) is 37.8 Å². The van der Waals surface area contributed by atoms with Gasteiger partial charge in [-0.2, -0.15) is 4.31 Å². The van der Waals surface area contributed by atoms with Crippen LogP contribution in [0.15, 0.2) is 52.3 Å². The van der Waals surface area contributed by atoms with Gasteiger partial charge in [-0.25, -0.2) is 21.6 Å². The van der Waals surface area contributed by atoms with E-state index in [1.54, 1.807) is 24.3 Å². The van der Waals surface area contributed by atoms with E-state index in [0.717, 1.165) is 0 Å². The molecule has 5 rings (SSSR count). The molecule has 0 aliphatic carbocycles. The summed E-state index contributed by atoms with van der Waals surface area (Å²) in [6, 6.07) is 10.8. The third-order valence-corrected chi connectivity index (χ3v) is 10.8. The number of aliphatic hydroxyl groups is 1. The summed E-state index contributed by atoms with van der Waals surface area (Å²) in [5.74, 6) is 1.33. The number of aliphatic hydroxyl groups excluding tert-OH is 1. The number of fused-ring (bicyclic) bond motifs is 1. The summed E-state index contributed by atoms with van der Waals surface area (Å²) in [5.41, 5.74) is -0.406. The zero-order chi connectivity index (χ0) is 28.4. The Kier molecular flexibility index (Phi) is 8.57. The Morgan fingerprint density at radius 2 is 1.80 bits per heavy atom. The molecule has 1 unspecified atom stereocenters. The SMILES string of the molecule is CNS(=O)(=O)c1cccc(OC[C@@H](O)CNC2COC3(CCN(S(=O)(=O)c4ccc5c(c4)OCCO5)CC3)C2)c1. The molecule has 12 nitrogen and oxygen atoms in total. The Hall–Kier alpha value is -2.46. The lowest BCUT2D eigenvalue weighted by Crippen LogP contribution is -2.47. The maximum atomic E-state index is 13.3. The van der Waals surface area contributed by atoms with E-state index in [0.29, 0.717) is 69.4 Å². The normalized spacial score (nSPS) is 21.8. The fourth-order valence-corrected chi connectivity index (χ4v) is 7.42. The Balaban J connectivity index is 1.08. The Morgan fingerprint density at radius 3 is 2.55 bits per heavy atom. The number of nitrogens with zero attached hydrogens (tertiary/aromatic N) is 1. The predicted molar refractivity (Wildman–Crippen MR) is 145 cm³/mol. The Morgan fingerprint density at radius 1 is 1.05 bits per heavy atom. The molecule has 0 bridgehead atoms. The molecule has 1 spiro atoms. The number of sulfonamides is 2. The lowest BCUT2D eigenvalue weighted by molar-refractivity contribution is -0.0312. The minimum Gasteiger partial charge on any atom is -0.491 e. The molecule has 3 heterocycles. The minimum absolute atomic E-state index is 0.0124. The largest absolute Gasteiger partial charge is 0.491 e. The number of nitrogens with one attached hydrogen (secondary N) is 2. The first-order chi connectivity index (χ1) is 19.1. The maximum absolute atomic E-state index is 13.3. The van der Waals surface area contributed by atoms with Crippen molar-refractivity contribution in [2.24, 2.45) is 0 Å². The van der Waals surface area contributed by atoms with Crippen LogP contribution in [0.5, 0.6) is 17.2 Å². The predicted octanol–water partition coefficient (Wildman–Crippen LogP) is 0.708. The lowest BCUT2D eigenvalue weighted by Gasteiger charge is -2.38. The van der Waals surface area contributed by atoms with Crippen LogP contribution in [0.1, 0.15) is 19.3 Å². The van der Waals surface area contributed by atoms with Gasteiger partial charge in [-0.05, 0) is 50.6 Å².